The monoisotopic (exact) mass is 297 g/mol. The highest BCUT2D eigenvalue weighted by Gasteiger charge is 2.25. The minimum absolute atomic E-state index is 0.361. The minimum atomic E-state index is 0.361. The van der Waals surface area contributed by atoms with Gasteiger partial charge in [0, 0.05) is 6.54 Å². The van der Waals surface area contributed by atoms with E-state index in [9.17, 15) is 0 Å². The van der Waals surface area contributed by atoms with Crippen molar-refractivity contribution >= 4 is 11.6 Å². The maximum atomic E-state index is 6.42. The molecule has 0 bridgehead atoms. The molecule has 0 aromatic carbocycles. The third kappa shape index (κ3) is 3.98. The Labute approximate surface area is 128 Å². The second-order valence-electron chi connectivity index (χ2n) is 5.99. The second kappa shape index (κ2) is 8.04. The number of aryl methyl sites for hydroxylation is 1. The van der Waals surface area contributed by atoms with Crippen LogP contribution < -0.4 is 5.32 Å². The number of halogens is 1. The lowest BCUT2D eigenvalue weighted by molar-refractivity contribution is 0.373. The van der Waals surface area contributed by atoms with E-state index in [1.54, 1.807) is 0 Å². The molecule has 1 fully saturated rings. The van der Waals surface area contributed by atoms with Crippen LogP contribution >= 0.6 is 11.6 Å². The molecule has 1 aliphatic carbocycles. The van der Waals surface area contributed by atoms with Crippen LogP contribution in [0.4, 0.5) is 0 Å². The summed E-state index contributed by atoms with van der Waals surface area (Å²) < 4.78 is 2.10. The van der Waals surface area contributed by atoms with Crippen molar-refractivity contribution in [3.63, 3.8) is 0 Å². The molecule has 1 heterocycles. The van der Waals surface area contributed by atoms with Gasteiger partial charge in [0.1, 0.15) is 0 Å². The fourth-order valence-electron chi connectivity index (χ4n) is 3.30. The van der Waals surface area contributed by atoms with Crippen LogP contribution in [-0.4, -0.2) is 16.3 Å². The molecule has 1 aromatic heterocycles. The Morgan fingerprint density at radius 1 is 1.35 bits per heavy atom. The van der Waals surface area contributed by atoms with Crippen molar-refractivity contribution in [3.8, 4) is 0 Å². The van der Waals surface area contributed by atoms with E-state index in [0.29, 0.717) is 6.04 Å². The zero-order chi connectivity index (χ0) is 14.4. The number of nitrogens with zero attached hydrogens (tertiary/aromatic N) is 2. The Bertz CT molecular complexity index is 396. The highest BCUT2D eigenvalue weighted by molar-refractivity contribution is 6.31. The average Bonchev–Trinajstić information content (AvgIpc) is 3.06. The quantitative estimate of drug-likeness (QED) is 0.762. The molecule has 4 heteroatoms. The molecule has 0 spiro atoms. The van der Waals surface area contributed by atoms with Crippen LogP contribution in [0.3, 0.4) is 0 Å². The van der Waals surface area contributed by atoms with Gasteiger partial charge < -0.3 is 5.32 Å². The van der Waals surface area contributed by atoms with Crippen LogP contribution in [0.15, 0.2) is 6.20 Å². The molecular formula is C16H28ClN3. The molecule has 0 aliphatic heterocycles. The van der Waals surface area contributed by atoms with Gasteiger partial charge in [-0.25, -0.2) is 0 Å². The van der Waals surface area contributed by atoms with Gasteiger partial charge in [-0.05, 0) is 31.7 Å². The predicted molar refractivity (Wildman–Crippen MR) is 85.1 cm³/mol. The molecule has 20 heavy (non-hydrogen) atoms. The van der Waals surface area contributed by atoms with E-state index in [-0.39, 0.29) is 0 Å². The molecule has 2 rings (SSSR count). The lowest BCUT2D eigenvalue weighted by Gasteiger charge is -2.23. The second-order valence-corrected chi connectivity index (χ2v) is 6.40. The van der Waals surface area contributed by atoms with Crippen LogP contribution in [-0.2, 0) is 6.54 Å². The Morgan fingerprint density at radius 3 is 2.75 bits per heavy atom. The standard InChI is InChI=1S/C16H28ClN3/c1-3-9-18-15(11-13-7-5-6-8-13)16-14(17)12-19-20(16)10-4-2/h12-13,15,18H,3-11H2,1-2H3. The summed E-state index contributed by atoms with van der Waals surface area (Å²) in [4.78, 5) is 0. The number of rotatable bonds is 8. The molecular weight excluding hydrogens is 270 g/mol. The first-order chi connectivity index (χ1) is 9.76. The lowest BCUT2D eigenvalue weighted by Crippen LogP contribution is -2.27. The fourth-order valence-corrected chi connectivity index (χ4v) is 3.57. The van der Waals surface area contributed by atoms with Crippen molar-refractivity contribution in [1.82, 2.24) is 15.1 Å². The minimum Gasteiger partial charge on any atom is -0.309 e. The van der Waals surface area contributed by atoms with Gasteiger partial charge >= 0.3 is 0 Å². The molecule has 1 saturated carbocycles. The molecule has 1 N–H and O–H groups in total. The van der Waals surface area contributed by atoms with E-state index in [2.05, 4.69) is 28.9 Å². The van der Waals surface area contributed by atoms with Crippen LogP contribution in [0.2, 0.25) is 5.02 Å². The van der Waals surface area contributed by atoms with E-state index >= 15 is 0 Å². The molecule has 1 unspecified atom stereocenters. The van der Waals surface area contributed by atoms with Crippen molar-refractivity contribution in [2.75, 3.05) is 6.54 Å². The van der Waals surface area contributed by atoms with E-state index in [1.165, 1.54) is 37.8 Å². The van der Waals surface area contributed by atoms with Crippen molar-refractivity contribution in [2.45, 2.75) is 71.4 Å². The molecule has 0 amide bonds. The largest absolute Gasteiger partial charge is 0.309 e. The summed E-state index contributed by atoms with van der Waals surface area (Å²) in [6.45, 7) is 6.40. The highest BCUT2D eigenvalue weighted by atomic mass is 35.5. The van der Waals surface area contributed by atoms with Crippen LogP contribution in [0.25, 0.3) is 0 Å². The maximum Gasteiger partial charge on any atom is 0.0834 e. The van der Waals surface area contributed by atoms with E-state index in [0.717, 1.165) is 36.9 Å². The lowest BCUT2D eigenvalue weighted by atomic mass is 9.96. The molecule has 3 nitrogen and oxygen atoms in total. The van der Waals surface area contributed by atoms with Gasteiger partial charge in [0.15, 0.2) is 0 Å². The molecule has 0 saturated heterocycles. The summed E-state index contributed by atoms with van der Waals surface area (Å²) in [5.41, 5.74) is 1.20. The van der Waals surface area contributed by atoms with E-state index in [1.807, 2.05) is 6.20 Å². The van der Waals surface area contributed by atoms with Gasteiger partial charge in [0.05, 0.1) is 23.0 Å². The Morgan fingerprint density at radius 2 is 2.10 bits per heavy atom. The van der Waals surface area contributed by atoms with Crippen molar-refractivity contribution < 1.29 is 0 Å². The summed E-state index contributed by atoms with van der Waals surface area (Å²) in [5, 5.41) is 8.97. The third-order valence-corrected chi connectivity index (χ3v) is 4.57. The van der Waals surface area contributed by atoms with Gasteiger partial charge in [-0.1, -0.05) is 51.1 Å². The summed E-state index contributed by atoms with van der Waals surface area (Å²) in [7, 11) is 0. The van der Waals surface area contributed by atoms with E-state index < -0.39 is 0 Å². The zero-order valence-corrected chi connectivity index (χ0v) is 13.6. The normalized spacial score (nSPS) is 17.8. The molecule has 1 aromatic rings. The Hall–Kier alpha value is -0.540. The van der Waals surface area contributed by atoms with Gasteiger partial charge in [0.2, 0.25) is 0 Å². The molecule has 1 atom stereocenters. The average molecular weight is 298 g/mol. The van der Waals surface area contributed by atoms with Crippen molar-refractivity contribution in [1.29, 1.82) is 0 Å². The smallest absolute Gasteiger partial charge is 0.0834 e. The first-order valence-corrected chi connectivity index (χ1v) is 8.58. The number of hydrogen-bond donors (Lipinski definition) is 1. The van der Waals surface area contributed by atoms with Gasteiger partial charge in [-0.3, -0.25) is 4.68 Å². The number of hydrogen-bond acceptors (Lipinski definition) is 2. The van der Waals surface area contributed by atoms with Gasteiger partial charge in [0.25, 0.3) is 0 Å². The van der Waals surface area contributed by atoms with Gasteiger partial charge in [-0.15, -0.1) is 0 Å². The van der Waals surface area contributed by atoms with Gasteiger partial charge in [-0.2, -0.15) is 5.10 Å². The first kappa shape index (κ1) is 15.8. The number of nitrogens with one attached hydrogen (secondary N) is 1. The zero-order valence-electron chi connectivity index (χ0n) is 12.9. The van der Waals surface area contributed by atoms with E-state index in [4.69, 9.17) is 11.6 Å². The predicted octanol–water partition coefficient (Wildman–Crippen LogP) is 4.57. The fraction of sp³-hybridized carbons (Fsp3) is 0.812. The summed E-state index contributed by atoms with van der Waals surface area (Å²) >= 11 is 6.42. The SMILES string of the molecule is CCCNC(CC1CCCC1)c1c(Cl)cnn1CCC. The third-order valence-electron chi connectivity index (χ3n) is 4.28. The van der Waals surface area contributed by atoms with Crippen molar-refractivity contribution in [3.05, 3.63) is 16.9 Å². The summed E-state index contributed by atoms with van der Waals surface area (Å²) in [6.07, 6.45) is 10.8. The Kier molecular flexibility index (Phi) is 6.37. The number of aromatic nitrogens is 2. The Balaban J connectivity index is 2.13. The van der Waals surface area contributed by atoms with Crippen molar-refractivity contribution in [2.24, 2.45) is 5.92 Å². The van der Waals surface area contributed by atoms with Crippen LogP contribution in [0, 0.1) is 5.92 Å². The van der Waals surface area contributed by atoms with Crippen LogP contribution in [0.1, 0.15) is 70.5 Å². The first-order valence-electron chi connectivity index (χ1n) is 8.20. The summed E-state index contributed by atoms with van der Waals surface area (Å²) in [6, 6.07) is 0.361. The molecule has 1 aliphatic rings. The topological polar surface area (TPSA) is 29.9 Å². The molecule has 0 radical (unpaired) electrons. The molecule has 114 valence electrons. The van der Waals surface area contributed by atoms with Crippen LogP contribution in [0.5, 0.6) is 0 Å². The maximum absolute atomic E-state index is 6.42. The summed E-state index contributed by atoms with van der Waals surface area (Å²) in [5.74, 6) is 0.852. The highest BCUT2D eigenvalue weighted by Crippen LogP contribution is 2.35.